The van der Waals surface area contributed by atoms with Crippen molar-refractivity contribution in [1.29, 1.82) is 0 Å². The van der Waals surface area contributed by atoms with Gasteiger partial charge >= 0.3 is 0 Å². The minimum absolute atomic E-state index is 0.632. The molecule has 2 rings (SSSR count). The highest BCUT2D eigenvalue weighted by Crippen LogP contribution is 2.29. The highest BCUT2D eigenvalue weighted by Gasteiger charge is 2.16. The van der Waals surface area contributed by atoms with Crippen molar-refractivity contribution in [2.24, 2.45) is 0 Å². The standard InChI is InChI=1S/C13H20N2O2/c1-16-12-7-8-14-11(13(12)17-2)9-15-10-5-3-4-6-10/h7-8,10,15H,3-6,9H2,1-2H3. The smallest absolute Gasteiger partial charge is 0.183 e. The maximum atomic E-state index is 5.36. The number of nitrogens with one attached hydrogen (secondary N) is 1. The van der Waals surface area contributed by atoms with Crippen LogP contribution in [0.1, 0.15) is 31.4 Å². The van der Waals surface area contributed by atoms with Crippen molar-refractivity contribution >= 4 is 0 Å². The maximum absolute atomic E-state index is 5.36. The van der Waals surface area contributed by atoms with Crippen molar-refractivity contribution < 1.29 is 9.47 Å². The van der Waals surface area contributed by atoms with Gasteiger partial charge in [0.1, 0.15) is 0 Å². The van der Waals surface area contributed by atoms with Crippen molar-refractivity contribution in [3.63, 3.8) is 0 Å². The van der Waals surface area contributed by atoms with Crippen LogP contribution in [-0.2, 0) is 6.54 Å². The maximum Gasteiger partial charge on any atom is 0.183 e. The number of pyridine rings is 1. The first-order valence-corrected chi connectivity index (χ1v) is 6.14. The molecule has 1 aliphatic rings. The molecule has 4 heteroatoms. The Morgan fingerprint density at radius 3 is 2.71 bits per heavy atom. The summed E-state index contributed by atoms with van der Waals surface area (Å²) < 4.78 is 10.6. The van der Waals surface area contributed by atoms with Crippen LogP contribution in [0.2, 0.25) is 0 Å². The SMILES string of the molecule is COc1ccnc(CNC2CCCC2)c1OC. The van der Waals surface area contributed by atoms with Gasteiger partial charge in [-0.3, -0.25) is 4.98 Å². The van der Waals surface area contributed by atoms with Crippen LogP contribution < -0.4 is 14.8 Å². The Morgan fingerprint density at radius 1 is 1.29 bits per heavy atom. The van der Waals surface area contributed by atoms with Gasteiger partial charge in [-0.1, -0.05) is 12.8 Å². The first kappa shape index (κ1) is 12.2. The molecule has 17 heavy (non-hydrogen) atoms. The quantitative estimate of drug-likeness (QED) is 0.850. The second-order valence-corrected chi connectivity index (χ2v) is 4.36. The summed E-state index contributed by atoms with van der Waals surface area (Å²) in [6.45, 7) is 0.741. The van der Waals surface area contributed by atoms with Crippen LogP contribution in [-0.4, -0.2) is 25.2 Å². The molecule has 1 aromatic heterocycles. The molecule has 94 valence electrons. The lowest BCUT2D eigenvalue weighted by atomic mass is 10.2. The van der Waals surface area contributed by atoms with Gasteiger partial charge in [0, 0.05) is 24.8 Å². The minimum atomic E-state index is 0.632. The van der Waals surface area contributed by atoms with E-state index in [0.717, 1.165) is 23.7 Å². The monoisotopic (exact) mass is 236 g/mol. The summed E-state index contributed by atoms with van der Waals surface area (Å²) in [6.07, 6.45) is 6.96. The van der Waals surface area contributed by atoms with E-state index in [-0.39, 0.29) is 0 Å². The van der Waals surface area contributed by atoms with Gasteiger partial charge in [0.05, 0.1) is 19.9 Å². The molecule has 0 radical (unpaired) electrons. The lowest BCUT2D eigenvalue weighted by Gasteiger charge is -2.14. The second-order valence-electron chi connectivity index (χ2n) is 4.36. The predicted octanol–water partition coefficient (Wildman–Crippen LogP) is 2.13. The molecule has 1 aliphatic carbocycles. The number of ether oxygens (including phenoxy) is 2. The van der Waals surface area contributed by atoms with Crippen molar-refractivity contribution in [3.8, 4) is 11.5 Å². The fourth-order valence-electron chi connectivity index (χ4n) is 2.35. The lowest BCUT2D eigenvalue weighted by Crippen LogP contribution is -2.26. The van der Waals surface area contributed by atoms with Gasteiger partial charge in [0.2, 0.25) is 0 Å². The van der Waals surface area contributed by atoms with Crippen LogP contribution >= 0.6 is 0 Å². The predicted molar refractivity (Wildman–Crippen MR) is 66.4 cm³/mol. The Bertz CT molecular complexity index is 362. The van der Waals surface area contributed by atoms with Gasteiger partial charge in [-0.2, -0.15) is 0 Å². The van der Waals surface area contributed by atoms with Crippen LogP contribution in [0.15, 0.2) is 12.3 Å². The zero-order valence-electron chi connectivity index (χ0n) is 10.5. The summed E-state index contributed by atoms with van der Waals surface area (Å²) in [5, 5.41) is 3.53. The molecule has 0 amide bonds. The Morgan fingerprint density at radius 2 is 2.06 bits per heavy atom. The van der Waals surface area contributed by atoms with E-state index >= 15 is 0 Å². The fraction of sp³-hybridized carbons (Fsp3) is 0.615. The first-order valence-electron chi connectivity index (χ1n) is 6.14. The molecular formula is C13H20N2O2. The van der Waals surface area contributed by atoms with Gasteiger partial charge in [0.25, 0.3) is 0 Å². The Kier molecular flexibility index (Phi) is 4.20. The average molecular weight is 236 g/mol. The third kappa shape index (κ3) is 2.88. The van der Waals surface area contributed by atoms with Crippen molar-refractivity contribution in [2.75, 3.05) is 14.2 Å². The van der Waals surface area contributed by atoms with Gasteiger partial charge in [-0.05, 0) is 12.8 Å². The molecule has 0 spiro atoms. The lowest BCUT2D eigenvalue weighted by molar-refractivity contribution is 0.347. The van der Waals surface area contributed by atoms with Crippen molar-refractivity contribution in [2.45, 2.75) is 38.3 Å². The number of hydrogen-bond acceptors (Lipinski definition) is 4. The number of methoxy groups -OCH3 is 2. The first-order chi connectivity index (χ1) is 8.35. The molecule has 0 bridgehead atoms. The number of aromatic nitrogens is 1. The minimum Gasteiger partial charge on any atom is -0.493 e. The van der Waals surface area contributed by atoms with Gasteiger partial charge in [-0.15, -0.1) is 0 Å². The number of hydrogen-bond donors (Lipinski definition) is 1. The zero-order valence-corrected chi connectivity index (χ0v) is 10.5. The Balaban J connectivity index is 2.03. The van der Waals surface area contributed by atoms with Crippen LogP contribution in [0.4, 0.5) is 0 Å². The van der Waals surface area contributed by atoms with E-state index in [2.05, 4.69) is 10.3 Å². The summed E-state index contributed by atoms with van der Waals surface area (Å²) in [5.41, 5.74) is 0.916. The third-order valence-corrected chi connectivity index (χ3v) is 3.28. The third-order valence-electron chi connectivity index (χ3n) is 3.28. The van der Waals surface area contributed by atoms with E-state index in [0.29, 0.717) is 6.04 Å². The summed E-state index contributed by atoms with van der Waals surface area (Å²) in [5.74, 6) is 1.48. The summed E-state index contributed by atoms with van der Waals surface area (Å²) >= 11 is 0. The number of nitrogens with zero attached hydrogens (tertiary/aromatic N) is 1. The van der Waals surface area contributed by atoms with Gasteiger partial charge < -0.3 is 14.8 Å². The van der Waals surface area contributed by atoms with E-state index in [1.54, 1.807) is 20.4 Å². The van der Waals surface area contributed by atoms with Crippen LogP contribution in [0.5, 0.6) is 11.5 Å². The van der Waals surface area contributed by atoms with Crippen LogP contribution in [0.25, 0.3) is 0 Å². The largest absolute Gasteiger partial charge is 0.493 e. The second kappa shape index (κ2) is 5.87. The molecule has 1 heterocycles. The van der Waals surface area contributed by atoms with Gasteiger partial charge in [-0.25, -0.2) is 0 Å². The van der Waals surface area contributed by atoms with E-state index in [9.17, 15) is 0 Å². The zero-order chi connectivity index (χ0) is 12.1. The highest BCUT2D eigenvalue weighted by atomic mass is 16.5. The highest BCUT2D eigenvalue weighted by molar-refractivity contribution is 5.42. The molecule has 0 saturated heterocycles. The van der Waals surface area contributed by atoms with Crippen molar-refractivity contribution in [1.82, 2.24) is 10.3 Å². The molecule has 1 aromatic rings. The molecule has 0 aromatic carbocycles. The number of rotatable bonds is 5. The Hall–Kier alpha value is -1.29. The summed E-state index contributed by atoms with van der Waals surface area (Å²) in [6, 6.07) is 2.45. The Labute approximate surface area is 102 Å². The summed E-state index contributed by atoms with van der Waals surface area (Å²) in [7, 11) is 3.30. The molecule has 0 atom stereocenters. The van der Waals surface area contributed by atoms with Crippen molar-refractivity contribution in [3.05, 3.63) is 18.0 Å². The molecule has 1 fully saturated rings. The summed E-state index contributed by atoms with van der Waals surface area (Å²) in [4.78, 5) is 4.35. The topological polar surface area (TPSA) is 43.4 Å². The molecule has 0 aliphatic heterocycles. The van der Waals surface area contributed by atoms with Gasteiger partial charge in [0.15, 0.2) is 11.5 Å². The van der Waals surface area contributed by atoms with E-state index in [1.807, 2.05) is 6.07 Å². The normalized spacial score (nSPS) is 16.1. The van der Waals surface area contributed by atoms with Crippen LogP contribution in [0, 0.1) is 0 Å². The fourth-order valence-corrected chi connectivity index (χ4v) is 2.35. The molecule has 0 unspecified atom stereocenters. The molecule has 1 saturated carbocycles. The van der Waals surface area contributed by atoms with E-state index < -0.39 is 0 Å². The molecular weight excluding hydrogens is 216 g/mol. The van der Waals surface area contributed by atoms with E-state index in [1.165, 1.54) is 25.7 Å². The van der Waals surface area contributed by atoms with Crippen LogP contribution in [0.3, 0.4) is 0 Å². The van der Waals surface area contributed by atoms with E-state index in [4.69, 9.17) is 9.47 Å². The average Bonchev–Trinajstić information content (AvgIpc) is 2.88. The molecule has 1 N–H and O–H groups in total. The molecule has 4 nitrogen and oxygen atoms in total.